The summed E-state index contributed by atoms with van der Waals surface area (Å²) in [5.41, 5.74) is 2.41. The molecular weight excluding hydrogens is 290 g/mol. The minimum atomic E-state index is -0.219. The lowest BCUT2D eigenvalue weighted by Gasteiger charge is -2.41. The summed E-state index contributed by atoms with van der Waals surface area (Å²) in [5, 5.41) is 9.93. The Kier molecular flexibility index (Phi) is 5.65. The Morgan fingerprint density at radius 3 is 2.00 bits per heavy atom. The number of benzene rings is 1. The van der Waals surface area contributed by atoms with Gasteiger partial charge in [-0.15, -0.1) is 0 Å². The van der Waals surface area contributed by atoms with Crippen molar-refractivity contribution < 1.29 is 0 Å². The van der Waals surface area contributed by atoms with E-state index in [0.29, 0.717) is 0 Å². The highest BCUT2D eigenvalue weighted by Gasteiger charge is 2.39. The molecule has 0 atom stereocenters. The molecule has 0 saturated heterocycles. The number of aryl methyl sites for hydroxylation is 1. The van der Waals surface area contributed by atoms with Crippen molar-refractivity contribution in [1.82, 2.24) is 0 Å². The second-order valence-electron chi connectivity index (χ2n) is 8.27. The maximum absolute atomic E-state index is 9.93. The fourth-order valence-electron chi connectivity index (χ4n) is 5.20. The maximum atomic E-state index is 9.93. The molecule has 0 aromatic heterocycles. The molecule has 130 valence electrons. The zero-order valence-electron chi connectivity index (χ0n) is 15.6. The van der Waals surface area contributed by atoms with Gasteiger partial charge in [0, 0.05) is 0 Å². The zero-order valence-corrected chi connectivity index (χ0v) is 15.6. The minimum Gasteiger partial charge on any atom is -0.197 e. The van der Waals surface area contributed by atoms with E-state index in [1.807, 2.05) is 0 Å². The van der Waals surface area contributed by atoms with Gasteiger partial charge in [-0.2, -0.15) is 5.26 Å². The van der Waals surface area contributed by atoms with Gasteiger partial charge >= 0.3 is 0 Å². The molecule has 2 fully saturated rings. The molecule has 0 radical (unpaired) electrons. The van der Waals surface area contributed by atoms with Gasteiger partial charge < -0.3 is 0 Å². The molecule has 1 heteroatoms. The largest absolute Gasteiger partial charge is 0.197 e. The molecule has 24 heavy (non-hydrogen) atoms. The molecule has 1 aromatic rings. The monoisotopic (exact) mass is 323 g/mol. The van der Waals surface area contributed by atoms with E-state index in [9.17, 15) is 5.26 Å². The fourth-order valence-corrected chi connectivity index (χ4v) is 5.20. The van der Waals surface area contributed by atoms with Crippen molar-refractivity contribution in [2.24, 2.45) is 17.8 Å². The first-order valence-electron chi connectivity index (χ1n) is 10.2. The summed E-state index contributed by atoms with van der Waals surface area (Å²) < 4.78 is 0. The molecule has 0 heterocycles. The summed E-state index contributed by atoms with van der Waals surface area (Å²) >= 11 is 0. The highest BCUT2D eigenvalue weighted by molar-refractivity contribution is 5.35. The van der Waals surface area contributed by atoms with Crippen LogP contribution in [-0.2, 0) is 11.8 Å². The third-order valence-electron chi connectivity index (χ3n) is 7.15. The van der Waals surface area contributed by atoms with Gasteiger partial charge in [-0.05, 0) is 73.8 Å². The lowest BCUT2D eigenvalue weighted by molar-refractivity contribution is 0.146. The van der Waals surface area contributed by atoms with Crippen LogP contribution in [0.25, 0.3) is 0 Å². The summed E-state index contributed by atoms with van der Waals surface area (Å²) in [6.07, 6.45) is 12.8. The summed E-state index contributed by atoms with van der Waals surface area (Å²) in [6.45, 7) is 4.53. The quantitative estimate of drug-likeness (QED) is 0.627. The maximum Gasteiger partial charge on any atom is 0.0822 e. The van der Waals surface area contributed by atoms with Gasteiger partial charge in [0.05, 0.1) is 11.5 Å². The second kappa shape index (κ2) is 7.73. The molecule has 2 aliphatic carbocycles. The summed E-state index contributed by atoms with van der Waals surface area (Å²) in [7, 11) is 0. The Labute approximate surface area is 148 Å². The lowest BCUT2D eigenvalue weighted by atomic mass is 9.63. The predicted molar refractivity (Wildman–Crippen MR) is 101 cm³/mol. The molecule has 0 N–H and O–H groups in total. The van der Waals surface area contributed by atoms with E-state index in [-0.39, 0.29) is 5.41 Å². The molecule has 0 aliphatic heterocycles. The highest BCUT2D eigenvalue weighted by Crippen LogP contribution is 2.47. The average Bonchev–Trinajstić information content (AvgIpc) is 2.68. The topological polar surface area (TPSA) is 23.8 Å². The predicted octanol–water partition coefficient (Wildman–Crippen LogP) is 6.42. The van der Waals surface area contributed by atoms with Crippen molar-refractivity contribution in [2.45, 2.75) is 83.5 Å². The van der Waals surface area contributed by atoms with Crippen LogP contribution in [0.1, 0.15) is 82.8 Å². The minimum absolute atomic E-state index is 0.219. The first-order valence-corrected chi connectivity index (χ1v) is 10.2. The van der Waals surface area contributed by atoms with Crippen LogP contribution in [0, 0.1) is 29.1 Å². The van der Waals surface area contributed by atoms with Gasteiger partial charge in [-0.3, -0.25) is 0 Å². The Morgan fingerprint density at radius 1 is 0.917 bits per heavy atom. The third kappa shape index (κ3) is 3.53. The molecular formula is C23H33N. The molecule has 2 saturated carbocycles. The van der Waals surface area contributed by atoms with E-state index in [0.717, 1.165) is 37.0 Å². The van der Waals surface area contributed by atoms with Gasteiger partial charge in [0.15, 0.2) is 0 Å². The number of hydrogen-bond acceptors (Lipinski definition) is 1. The van der Waals surface area contributed by atoms with Crippen molar-refractivity contribution >= 4 is 0 Å². The van der Waals surface area contributed by atoms with Crippen LogP contribution in [-0.4, -0.2) is 0 Å². The molecule has 1 aromatic carbocycles. The van der Waals surface area contributed by atoms with E-state index < -0.39 is 0 Å². The van der Waals surface area contributed by atoms with Crippen LogP contribution < -0.4 is 0 Å². The Bertz CT molecular complexity index is 549. The van der Waals surface area contributed by atoms with Gasteiger partial charge in [-0.25, -0.2) is 0 Å². The van der Waals surface area contributed by atoms with Crippen molar-refractivity contribution in [1.29, 1.82) is 5.26 Å². The van der Waals surface area contributed by atoms with Crippen molar-refractivity contribution in [3.05, 3.63) is 35.4 Å². The number of nitrogens with zero attached hydrogens (tertiary/aromatic N) is 1. The van der Waals surface area contributed by atoms with E-state index in [2.05, 4.69) is 44.2 Å². The van der Waals surface area contributed by atoms with Crippen LogP contribution >= 0.6 is 0 Å². The van der Waals surface area contributed by atoms with E-state index >= 15 is 0 Å². The van der Waals surface area contributed by atoms with Crippen LogP contribution in [0.3, 0.4) is 0 Å². The first-order chi connectivity index (χ1) is 11.7. The van der Waals surface area contributed by atoms with Gasteiger partial charge in [0.2, 0.25) is 0 Å². The SMILES string of the molecule is CCc1ccc([C@]2(C#N)CC[C@@H](C3CCC(CC)CC3)CC2)cc1. The average molecular weight is 324 g/mol. The molecule has 0 unspecified atom stereocenters. The Hall–Kier alpha value is -1.29. The smallest absolute Gasteiger partial charge is 0.0822 e. The molecule has 0 bridgehead atoms. The van der Waals surface area contributed by atoms with Crippen LogP contribution in [0.2, 0.25) is 0 Å². The molecule has 3 rings (SSSR count). The summed E-state index contributed by atoms with van der Waals surface area (Å²) in [6, 6.07) is 11.6. The van der Waals surface area contributed by atoms with Crippen molar-refractivity contribution in [2.75, 3.05) is 0 Å². The normalized spacial score (nSPS) is 33.8. The first kappa shape index (κ1) is 17.5. The molecule has 0 spiro atoms. The van der Waals surface area contributed by atoms with Gasteiger partial charge in [-0.1, -0.05) is 57.4 Å². The summed E-state index contributed by atoms with van der Waals surface area (Å²) in [5.74, 6) is 2.80. The van der Waals surface area contributed by atoms with Crippen LogP contribution in [0.15, 0.2) is 24.3 Å². The van der Waals surface area contributed by atoms with Crippen LogP contribution in [0.4, 0.5) is 0 Å². The Balaban J connectivity index is 1.62. The molecule has 1 nitrogen and oxygen atoms in total. The zero-order chi connectivity index (χ0) is 17.0. The van der Waals surface area contributed by atoms with Gasteiger partial charge in [0.1, 0.15) is 0 Å². The molecule has 2 aliphatic rings. The fraction of sp³-hybridized carbons (Fsp3) is 0.696. The van der Waals surface area contributed by atoms with E-state index in [1.54, 1.807) is 0 Å². The standard InChI is InChI=1S/C23H33N/c1-3-18-5-9-20(10-6-18)21-13-15-23(17-24,16-14-21)22-11-7-19(4-2)8-12-22/h7-8,11-12,18,20-21H,3-6,9-10,13-16H2,1-2H3/t18?,20?,21-,23-. The third-order valence-corrected chi connectivity index (χ3v) is 7.15. The summed E-state index contributed by atoms with van der Waals surface area (Å²) in [4.78, 5) is 0. The van der Waals surface area contributed by atoms with Crippen LogP contribution in [0.5, 0.6) is 0 Å². The van der Waals surface area contributed by atoms with E-state index in [4.69, 9.17) is 0 Å². The van der Waals surface area contributed by atoms with Crippen molar-refractivity contribution in [3.63, 3.8) is 0 Å². The number of nitriles is 1. The van der Waals surface area contributed by atoms with E-state index in [1.165, 1.54) is 56.1 Å². The highest BCUT2D eigenvalue weighted by atomic mass is 14.4. The Morgan fingerprint density at radius 2 is 1.50 bits per heavy atom. The van der Waals surface area contributed by atoms with Gasteiger partial charge in [0.25, 0.3) is 0 Å². The lowest BCUT2D eigenvalue weighted by Crippen LogP contribution is -2.33. The second-order valence-corrected chi connectivity index (χ2v) is 8.27. The molecule has 0 amide bonds. The van der Waals surface area contributed by atoms with Crippen molar-refractivity contribution in [3.8, 4) is 6.07 Å². The number of hydrogen-bond donors (Lipinski definition) is 0. The number of rotatable bonds is 4.